The Morgan fingerprint density at radius 2 is 1.49 bits per heavy atom. The summed E-state index contributed by atoms with van der Waals surface area (Å²) in [6, 6.07) is 6.81. The van der Waals surface area contributed by atoms with Crippen molar-refractivity contribution in [1.29, 1.82) is 0 Å². The van der Waals surface area contributed by atoms with Gasteiger partial charge in [0.05, 0.1) is 0 Å². The lowest BCUT2D eigenvalue weighted by Crippen LogP contribution is -2.55. The number of hydrogen-bond donors (Lipinski definition) is 5. The fourth-order valence-electron chi connectivity index (χ4n) is 3.38. The van der Waals surface area contributed by atoms with Crippen LogP contribution in [-0.2, 0) is 30.4 Å². The molecule has 5 N–H and O–H groups in total. The zero-order valence-electron chi connectivity index (χ0n) is 20.5. The largest absolute Gasteiger partial charge is 0.480 e. The molecule has 0 unspecified atom stereocenters. The number of amides is 3. The van der Waals surface area contributed by atoms with Crippen LogP contribution in [0.5, 0.6) is 0 Å². The van der Waals surface area contributed by atoms with Crippen molar-refractivity contribution in [2.45, 2.75) is 59.0 Å². The molecule has 0 fully saturated rings. The first-order valence-electron chi connectivity index (χ1n) is 11.5. The maximum Gasteiger partial charge on any atom is 0.328 e. The molecule has 192 valence electrons. The first-order valence-corrected chi connectivity index (χ1v) is 11.5. The minimum Gasteiger partial charge on any atom is -0.480 e. The molecule has 1 rings (SSSR count). The van der Waals surface area contributed by atoms with Gasteiger partial charge in [0.1, 0.15) is 18.6 Å². The maximum absolute atomic E-state index is 13.2. The van der Waals surface area contributed by atoms with E-state index in [9.17, 15) is 24.0 Å². The molecule has 0 aliphatic heterocycles. The monoisotopic (exact) mass is 489 g/mol. The lowest BCUT2D eigenvalue weighted by atomic mass is 9.99. The molecule has 0 aliphatic rings. The Kier molecular flexibility index (Phi) is 12.2. The van der Waals surface area contributed by atoms with E-state index < -0.39 is 48.3 Å². The van der Waals surface area contributed by atoms with E-state index in [1.807, 2.05) is 27.7 Å². The van der Waals surface area contributed by atoms with Crippen LogP contribution in [0.25, 0.3) is 0 Å². The molecular formula is C25H35N3O7. The number of hydrogen-bond acceptors (Lipinski definition) is 5. The molecule has 10 heteroatoms. The summed E-state index contributed by atoms with van der Waals surface area (Å²) in [5.41, 5.74) is 0.771. The van der Waals surface area contributed by atoms with Crippen LogP contribution in [0.2, 0.25) is 0 Å². The highest BCUT2D eigenvalue weighted by Gasteiger charge is 2.28. The highest BCUT2D eigenvalue weighted by atomic mass is 16.4. The van der Waals surface area contributed by atoms with Crippen LogP contribution in [-0.4, -0.2) is 58.5 Å². The number of benzene rings is 1. The summed E-state index contributed by atoms with van der Waals surface area (Å²) in [7, 11) is 0. The minimum atomic E-state index is -1.27. The van der Waals surface area contributed by atoms with Crippen molar-refractivity contribution in [3.63, 3.8) is 0 Å². The van der Waals surface area contributed by atoms with Gasteiger partial charge >= 0.3 is 11.9 Å². The Morgan fingerprint density at radius 3 is 2.00 bits per heavy atom. The Hall–Kier alpha value is -3.69. The summed E-state index contributed by atoms with van der Waals surface area (Å²) in [5.74, 6) is -4.46. The second-order valence-corrected chi connectivity index (χ2v) is 9.12. The standard InChI is InChI=1S/C25H35N3O7/c1-15(2)10-18(13-21(29)30)23(33)27-20(12-17-8-6-5-7-9-17)25(35)28-19(11-16(3)4)24(34)26-14-22(31)32/h5-9,13,15-16,19-20H,10-12,14H2,1-4H3,(H,26,34)(H,27,33)(H,28,35)(H,29,30)(H,31,32)/b18-13-/t19-,20-/m0/s1. The summed E-state index contributed by atoms with van der Waals surface area (Å²) in [4.78, 5) is 60.7. The van der Waals surface area contributed by atoms with Crippen LogP contribution in [0, 0.1) is 11.8 Å². The second-order valence-electron chi connectivity index (χ2n) is 9.12. The molecule has 0 saturated heterocycles. The third-order valence-electron chi connectivity index (χ3n) is 4.88. The van der Waals surface area contributed by atoms with E-state index in [-0.39, 0.29) is 36.7 Å². The third-order valence-corrected chi connectivity index (χ3v) is 4.88. The van der Waals surface area contributed by atoms with E-state index >= 15 is 0 Å². The number of rotatable bonds is 14. The van der Waals surface area contributed by atoms with Crippen molar-refractivity contribution in [2.75, 3.05) is 6.54 Å². The number of carbonyl (C=O) groups is 5. The molecule has 0 heterocycles. The van der Waals surface area contributed by atoms with Crippen LogP contribution < -0.4 is 16.0 Å². The molecule has 10 nitrogen and oxygen atoms in total. The van der Waals surface area contributed by atoms with Crippen molar-refractivity contribution in [3.05, 3.63) is 47.5 Å². The van der Waals surface area contributed by atoms with Gasteiger partial charge in [0.2, 0.25) is 17.7 Å². The van der Waals surface area contributed by atoms with Crippen LogP contribution >= 0.6 is 0 Å². The van der Waals surface area contributed by atoms with Crippen LogP contribution in [0.1, 0.15) is 46.1 Å². The highest BCUT2D eigenvalue weighted by molar-refractivity contribution is 6.01. The summed E-state index contributed by atoms with van der Waals surface area (Å²) in [6.45, 7) is 6.78. The van der Waals surface area contributed by atoms with E-state index in [1.165, 1.54) is 0 Å². The van der Waals surface area contributed by atoms with E-state index in [1.54, 1.807) is 30.3 Å². The predicted octanol–water partition coefficient (Wildman–Crippen LogP) is 1.50. The van der Waals surface area contributed by atoms with E-state index in [2.05, 4.69) is 16.0 Å². The average Bonchev–Trinajstić information content (AvgIpc) is 2.75. The molecule has 1 aromatic carbocycles. The van der Waals surface area contributed by atoms with Gasteiger partial charge in [-0.3, -0.25) is 19.2 Å². The summed E-state index contributed by atoms with van der Waals surface area (Å²) in [5, 5.41) is 25.5. The number of nitrogens with one attached hydrogen (secondary N) is 3. The van der Waals surface area contributed by atoms with Crippen molar-refractivity contribution < 1.29 is 34.2 Å². The molecule has 0 saturated carbocycles. The maximum atomic E-state index is 13.2. The predicted molar refractivity (Wildman–Crippen MR) is 129 cm³/mol. The summed E-state index contributed by atoms with van der Waals surface area (Å²) >= 11 is 0. The van der Waals surface area contributed by atoms with Gasteiger partial charge in [-0.05, 0) is 30.2 Å². The lowest BCUT2D eigenvalue weighted by Gasteiger charge is -2.24. The molecule has 35 heavy (non-hydrogen) atoms. The SMILES string of the molecule is CC(C)C/C(=C/C(=O)O)C(=O)N[C@@H](Cc1ccccc1)C(=O)N[C@@H](CC(C)C)C(=O)NCC(=O)O. The van der Waals surface area contributed by atoms with Gasteiger partial charge in [-0.15, -0.1) is 0 Å². The Balaban J connectivity index is 3.17. The molecule has 1 aromatic rings. The molecule has 0 aromatic heterocycles. The van der Waals surface area contributed by atoms with E-state index in [4.69, 9.17) is 10.2 Å². The van der Waals surface area contributed by atoms with Gasteiger partial charge in [-0.1, -0.05) is 58.0 Å². The molecule has 0 bridgehead atoms. The quantitative estimate of drug-likeness (QED) is 0.247. The smallest absolute Gasteiger partial charge is 0.328 e. The average molecular weight is 490 g/mol. The molecule has 2 atom stereocenters. The lowest BCUT2D eigenvalue weighted by molar-refractivity contribution is -0.138. The zero-order chi connectivity index (χ0) is 26.5. The van der Waals surface area contributed by atoms with Gasteiger partial charge in [-0.25, -0.2) is 4.79 Å². The number of carbonyl (C=O) groups excluding carboxylic acids is 3. The van der Waals surface area contributed by atoms with Crippen molar-refractivity contribution >= 4 is 29.7 Å². The number of carboxylic acids is 2. The van der Waals surface area contributed by atoms with Crippen LogP contribution in [0.15, 0.2) is 42.0 Å². The second kappa shape index (κ2) is 14.5. The molecule has 3 amide bonds. The van der Waals surface area contributed by atoms with Gasteiger partial charge in [0.15, 0.2) is 0 Å². The molecule has 0 spiro atoms. The van der Waals surface area contributed by atoms with Crippen LogP contribution in [0.4, 0.5) is 0 Å². The number of aliphatic carboxylic acids is 2. The minimum absolute atomic E-state index is 0.00102. The highest BCUT2D eigenvalue weighted by Crippen LogP contribution is 2.13. The van der Waals surface area contributed by atoms with Crippen molar-refractivity contribution in [2.24, 2.45) is 11.8 Å². The van der Waals surface area contributed by atoms with Crippen molar-refractivity contribution in [3.8, 4) is 0 Å². The van der Waals surface area contributed by atoms with E-state index in [0.29, 0.717) is 0 Å². The van der Waals surface area contributed by atoms with Crippen molar-refractivity contribution in [1.82, 2.24) is 16.0 Å². The topological polar surface area (TPSA) is 162 Å². The summed E-state index contributed by atoms with van der Waals surface area (Å²) in [6.07, 6.45) is 1.38. The van der Waals surface area contributed by atoms with E-state index in [0.717, 1.165) is 11.6 Å². The van der Waals surface area contributed by atoms with Gasteiger partial charge in [-0.2, -0.15) is 0 Å². The van der Waals surface area contributed by atoms with Gasteiger partial charge < -0.3 is 26.2 Å². The van der Waals surface area contributed by atoms with Gasteiger partial charge in [0, 0.05) is 18.1 Å². The fraction of sp³-hybridized carbons (Fsp3) is 0.480. The fourth-order valence-corrected chi connectivity index (χ4v) is 3.38. The normalized spacial score (nSPS) is 13.1. The zero-order valence-corrected chi connectivity index (χ0v) is 20.5. The Labute approximate surface area is 205 Å². The first-order chi connectivity index (χ1) is 16.4. The molecule has 0 radical (unpaired) electrons. The van der Waals surface area contributed by atoms with Gasteiger partial charge in [0.25, 0.3) is 0 Å². The Morgan fingerprint density at radius 1 is 0.857 bits per heavy atom. The third kappa shape index (κ3) is 11.8. The van der Waals surface area contributed by atoms with Crippen LogP contribution in [0.3, 0.4) is 0 Å². The number of carboxylic acid groups (broad SMARTS) is 2. The summed E-state index contributed by atoms with van der Waals surface area (Å²) < 4.78 is 0. The Bertz CT molecular complexity index is 926. The first kappa shape index (κ1) is 29.3. The molecule has 0 aliphatic carbocycles. The molecular weight excluding hydrogens is 454 g/mol.